The van der Waals surface area contributed by atoms with Crippen molar-refractivity contribution in [1.29, 1.82) is 0 Å². The van der Waals surface area contributed by atoms with Crippen LogP contribution in [0.5, 0.6) is 17.2 Å². The number of benzene rings is 2. The van der Waals surface area contributed by atoms with E-state index in [1.54, 1.807) is 37.4 Å². The maximum absolute atomic E-state index is 13.5. The quantitative estimate of drug-likeness (QED) is 0.793. The van der Waals surface area contributed by atoms with Crippen molar-refractivity contribution in [3.05, 3.63) is 53.6 Å². The lowest BCUT2D eigenvalue weighted by Gasteiger charge is -2.29. The molecule has 1 fully saturated rings. The Labute approximate surface area is 167 Å². The van der Waals surface area contributed by atoms with E-state index in [-0.39, 0.29) is 11.3 Å². The zero-order valence-corrected chi connectivity index (χ0v) is 16.6. The number of hydrogen-bond acceptors (Lipinski definition) is 6. The first kappa shape index (κ1) is 19.9. The number of thioether (sulfide) groups is 1. The SMILES string of the molecule is COc1ccc(C2SCC(C(=O)O)N2C(=O)c2c(OC)cccc2OC)cc1. The molecule has 1 heterocycles. The summed E-state index contributed by atoms with van der Waals surface area (Å²) in [6.45, 7) is 0. The third kappa shape index (κ3) is 3.60. The van der Waals surface area contributed by atoms with Gasteiger partial charge in [-0.1, -0.05) is 18.2 Å². The topological polar surface area (TPSA) is 85.3 Å². The lowest BCUT2D eigenvalue weighted by atomic mass is 10.1. The summed E-state index contributed by atoms with van der Waals surface area (Å²) in [5, 5.41) is 9.24. The Bertz CT molecular complexity index is 847. The van der Waals surface area contributed by atoms with E-state index >= 15 is 0 Å². The predicted molar refractivity (Wildman–Crippen MR) is 105 cm³/mol. The van der Waals surface area contributed by atoms with Gasteiger partial charge in [0.25, 0.3) is 5.91 Å². The van der Waals surface area contributed by atoms with Crippen LogP contribution in [0.1, 0.15) is 21.3 Å². The van der Waals surface area contributed by atoms with Crippen molar-refractivity contribution in [2.24, 2.45) is 0 Å². The lowest BCUT2D eigenvalue weighted by molar-refractivity contribution is -0.141. The number of methoxy groups -OCH3 is 3. The minimum Gasteiger partial charge on any atom is -0.497 e. The highest BCUT2D eigenvalue weighted by atomic mass is 32.2. The van der Waals surface area contributed by atoms with Crippen molar-refractivity contribution >= 4 is 23.6 Å². The molecule has 1 aliphatic heterocycles. The molecule has 2 aromatic carbocycles. The van der Waals surface area contributed by atoms with Crippen LogP contribution in [0.25, 0.3) is 0 Å². The van der Waals surface area contributed by atoms with Crippen LogP contribution in [0.15, 0.2) is 42.5 Å². The fraction of sp³-hybridized carbons (Fsp3) is 0.300. The number of hydrogen-bond donors (Lipinski definition) is 1. The fourth-order valence-electron chi connectivity index (χ4n) is 3.16. The third-order valence-corrected chi connectivity index (χ3v) is 5.89. The van der Waals surface area contributed by atoms with Crippen molar-refractivity contribution in [3.63, 3.8) is 0 Å². The number of rotatable bonds is 6. The molecule has 8 heteroatoms. The molecule has 7 nitrogen and oxygen atoms in total. The van der Waals surface area contributed by atoms with Gasteiger partial charge in [0.05, 0.1) is 21.3 Å². The number of aliphatic carboxylic acids is 1. The number of ether oxygens (including phenoxy) is 3. The van der Waals surface area contributed by atoms with Crippen molar-refractivity contribution < 1.29 is 28.9 Å². The summed E-state index contributed by atoms with van der Waals surface area (Å²) in [7, 11) is 4.49. The molecule has 0 saturated carbocycles. The molecule has 2 aromatic rings. The van der Waals surface area contributed by atoms with E-state index in [0.717, 1.165) is 5.56 Å². The Morgan fingerprint density at radius 1 is 1.00 bits per heavy atom. The highest BCUT2D eigenvalue weighted by Crippen LogP contribution is 2.44. The maximum Gasteiger partial charge on any atom is 0.327 e. The standard InChI is InChI=1S/C20H21NO6S/c1-25-13-9-7-12(8-10-13)19-21(14(11-28-19)20(23)24)18(22)17-15(26-2)5-4-6-16(17)27-3/h4-10,14,19H,11H2,1-3H3,(H,23,24). The van der Waals surface area contributed by atoms with Gasteiger partial charge >= 0.3 is 5.97 Å². The largest absolute Gasteiger partial charge is 0.497 e. The number of amides is 1. The molecule has 28 heavy (non-hydrogen) atoms. The first-order chi connectivity index (χ1) is 13.5. The first-order valence-corrected chi connectivity index (χ1v) is 9.58. The number of carbonyl (C=O) groups excluding carboxylic acids is 1. The molecule has 1 aliphatic rings. The number of carbonyl (C=O) groups is 2. The van der Waals surface area contributed by atoms with Gasteiger partial charge in [0.2, 0.25) is 0 Å². The zero-order chi connectivity index (χ0) is 20.3. The van der Waals surface area contributed by atoms with Gasteiger partial charge in [0.1, 0.15) is 34.2 Å². The zero-order valence-electron chi connectivity index (χ0n) is 15.7. The Balaban J connectivity index is 2.06. The normalized spacial score (nSPS) is 18.6. The number of nitrogens with zero attached hydrogens (tertiary/aromatic N) is 1. The molecule has 1 saturated heterocycles. The van der Waals surface area contributed by atoms with E-state index in [1.165, 1.54) is 30.9 Å². The molecule has 2 unspecified atom stereocenters. The molecule has 148 valence electrons. The van der Waals surface area contributed by atoms with Crippen molar-refractivity contribution in [2.45, 2.75) is 11.4 Å². The predicted octanol–water partition coefficient (Wildman–Crippen LogP) is 3.05. The molecule has 0 aromatic heterocycles. The second kappa shape index (κ2) is 8.43. The van der Waals surface area contributed by atoms with Gasteiger partial charge in [-0.3, -0.25) is 4.79 Å². The second-order valence-corrected chi connectivity index (χ2v) is 7.18. The molecule has 1 amide bonds. The molecule has 0 radical (unpaired) electrons. The van der Waals surface area contributed by atoms with Gasteiger partial charge in [-0.05, 0) is 29.8 Å². The highest BCUT2D eigenvalue weighted by Gasteiger charge is 2.44. The highest BCUT2D eigenvalue weighted by molar-refractivity contribution is 7.99. The summed E-state index contributed by atoms with van der Waals surface area (Å²) in [6, 6.07) is 11.3. The van der Waals surface area contributed by atoms with Crippen LogP contribution in [0.2, 0.25) is 0 Å². The van der Waals surface area contributed by atoms with E-state index in [4.69, 9.17) is 14.2 Å². The summed E-state index contributed by atoms with van der Waals surface area (Å²) in [5.74, 6) is 0.136. The molecule has 1 N–H and O–H groups in total. The van der Waals surface area contributed by atoms with Crippen LogP contribution in [-0.4, -0.2) is 55.0 Å². The number of carboxylic acid groups (broad SMARTS) is 1. The first-order valence-electron chi connectivity index (χ1n) is 8.53. The van der Waals surface area contributed by atoms with Gasteiger partial charge in [-0.15, -0.1) is 11.8 Å². The van der Waals surface area contributed by atoms with Crippen LogP contribution in [0, 0.1) is 0 Å². The Morgan fingerprint density at radius 3 is 2.11 bits per heavy atom. The van der Waals surface area contributed by atoms with Gasteiger partial charge in [-0.2, -0.15) is 0 Å². The van der Waals surface area contributed by atoms with Crippen LogP contribution >= 0.6 is 11.8 Å². The van der Waals surface area contributed by atoms with Crippen LogP contribution in [0.4, 0.5) is 0 Å². The monoisotopic (exact) mass is 403 g/mol. The smallest absolute Gasteiger partial charge is 0.327 e. The maximum atomic E-state index is 13.5. The summed E-state index contributed by atoms with van der Waals surface area (Å²) in [4.78, 5) is 26.7. The summed E-state index contributed by atoms with van der Waals surface area (Å²) >= 11 is 1.41. The van der Waals surface area contributed by atoms with E-state index in [1.807, 2.05) is 12.1 Å². The average Bonchev–Trinajstić information content (AvgIpc) is 3.18. The van der Waals surface area contributed by atoms with Gasteiger partial charge in [-0.25, -0.2) is 4.79 Å². The van der Waals surface area contributed by atoms with Crippen LogP contribution in [-0.2, 0) is 4.79 Å². The lowest BCUT2D eigenvalue weighted by Crippen LogP contribution is -2.43. The Morgan fingerprint density at radius 2 is 1.61 bits per heavy atom. The molecular weight excluding hydrogens is 382 g/mol. The molecule has 0 bridgehead atoms. The fourth-order valence-corrected chi connectivity index (χ4v) is 4.58. The molecule has 2 atom stereocenters. The summed E-state index contributed by atoms with van der Waals surface area (Å²) in [6.07, 6.45) is 0. The average molecular weight is 403 g/mol. The third-order valence-electron chi connectivity index (χ3n) is 4.56. The van der Waals surface area contributed by atoms with Crippen molar-refractivity contribution in [1.82, 2.24) is 4.90 Å². The Hall–Kier alpha value is -2.87. The second-order valence-electron chi connectivity index (χ2n) is 6.06. The minimum atomic E-state index is -1.05. The number of carboxylic acids is 1. The molecule has 0 spiro atoms. The van der Waals surface area contributed by atoms with Crippen molar-refractivity contribution in [3.8, 4) is 17.2 Å². The summed E-state index contributed by atoms with van der Waals surface area (Å²) in [5.41, 5.74) is 1.02. The van der Waals surface area contributed by atoms with Crippen LogP contribution < -0.4 is 14.2 Å². The minimum absolute atomic E-state index is 0.208. The van der Waals surface area contributed by atoms with E-state index in [2.05, 4.69) is 0 Å². The molecule has 3 rings (SSSR count). The molecular formula is C20H21NO6S. The Kier molecular flexibility index (Phi) is 5.99. The van der Waals surface area contributed by atoms with E-state index in [9.17, 15) is 14.7 Å². The van der Waals surface area contributed by atoms with Crippen LogP contribution in [0.3, 0.4) is 0 Å². The van der Waals surface area contributed by atoms with Gasteiger partial charge < -0.3 is 24.2 Å². The van der Waals surface area contributed by atoms with Crippen molar-refractivity contribution in [2.75, 3.05) is 27.1 Å². The van der Waals surface area contributed by atoms with Gasteiger partial charge in [0.15, 0.2) is 0 Å². The van der Waals surface area contributed by atoms with Gasteiger partial charge in [0, 0.05) is 5.75 Å². The van der Waals surface area contributed by atoms with E-state index < -0.39 is 23.3 Å². The molecule has 0 aliphatic carbocycles. The summed E-state index contributed by atoms with van der Waals surface area (Å²) < 4.78 is 15.9. The van der Waals surface area contributed by atoms with E-state index in [0.29, 0.717) is 17.2 Å².